The molecule has 3 aromatic carbocycles. The fourth-order valence-corrected chi connectivity index (χ4v) is 5.20. The van der Waals surface area contributed by atoms with Gasteiger partial charge in [0.1, 0.15) is 29.4 Å². The number of aryl methyl sites for hydroxylation is 1. The summed E-state index contributed by atoms with van der Waals surface area (Å²) in [5, 5.41) is 18.6. The average molecular weight is 611 g/mol. The summed E-state index contributed by atoms with van der Waals surface area (Å²) in [6.45, 7) is 10.4. The number of aromatic carboxylic acids is 1. The summed E-state index contributed by atoms with van der Waals surface area (Å²) in [6.07, 6.45) is 3.70. The molecule has 7 nitrogen and oxygen atoms in total. The maximum Gasteiger partial charge on any atom is 0.339 e. The van der Waals surface area contributed by atoms with E-state index in [1.807, 2.05) is 36.5 Å². The van der Waals surface area contributed by atoms with Crippen LogP contribution in [0.5, 0.6) is 11.5 Å². The van der Waals surface area contributed by atoms with Crippen molar-refractivity contribution in [2.75, 3.05) is 6.61 Å². The largest absolute Gasteiger partial charge is 0.493 e. The van der Waals surface area contributed by atoms with Crippen molar-refractivity contribution >= 4 is 29.2 Å². The van der Waals surface area contributed by atoms with Gasteiger partial charge in [-0.25, -0.2) is 9.48 Å². The molecule has 0 radical (unpaired) electrons. The highest BCUT2D eigenvalue weighted by Crippen LogP contribution is 2.32. The summed E-state index contributed by atoms with van der Waals surface area (Å²) in [7, 11) is 0. The second-order valence-electron chi connectivity index (χ2n) is 10.5. The van der Waals surface area contributed by atoms with Crippen molar-refractivity contribution in [3.63, 3.8) is 0 Å². The maximum atomic E-state index is 11.6. The van der Waals surface area contributed by atoms with Gasteiger partial charge in [-0.3, -0.25) is 0 Å². The lowest BCUT2D eigenvalue weighted by atomic mass is 10.0. The fraction of sp³-hybridized carbons (Fsp3) is 0.333. The molecule has 1 aromatic heterocycles. The first-order valence-electron chi connectivity index (χ1n) is 14.1. The molecule has 2 N–H and O–H groups in total. The minimum atomic E-state index is -0.989. The van der Waals surface area contributed by atoms with E-state index in [1.165, 1.54) is 0 Å². The van der Waals surface area contributed by atoms with Gasteiger partial charge in [-0.15, -0.1) is 0 Å². The van der Waals surface area contributed by atoms with Crippen LogP contribution in [0, 0.1) is 6.92 Å². The number of aromatic nitrogens is 2. The van der Waals surface area contributed by atoms with Gasteiger partial charge >= 0.3 is 5.97 Å². The minimum absolute atomic E-state index is 0.180. The van der Waals surface area contributed by atoms with Crippen LogP contribution in [-0.4, -0.2) is 27.5 Å². The van der Waals surface area contributed by atoms with Gasteiger partial charge in [-0.1, -0.05) is 68.6 Å². The highest BCUT2D eigenvalue weighted by Gasteiger charge is 2.19. The van der Waals surface area contributed by atoms with Gasteiger partial charge < -0.3 is 19.9 Å². The quantitative estimate of drug-likeness (QED) is 0.140. The molecule has 1 heterocycles. The van der Waals surface area contributed by atoms with Crippen LogP contribution in [0.4, 0.5) is 0 Å². The molecule has 0 saturated heterocycles. The SMILES string of the molecule is CCCCOc1cc(CNCc2ccc(OCc3c(C(C)C)cnn3-c3c(Cl)cccc3Cl)cc2C)ccc1C(=O)O. The Hall–Kier alpha value is -3.52. The van der Waals surface area contributed by atoms with Crippen molar-refractivity contribution in [3.8, 4) is 17.2 Å². The zero-order chi connectivity index (χ0) is 30.2. The lowest BCUT2D eigenvalue weighted by Crippen LogP contribution is -2.14. The van der Waals surface area contributed by atoms with Gasteiger partial charge in [0.05, 0.1) is 28.5 Å². The number of carboxylic acid groups (broad SMARTS) is 1. The highest BCUT2D eigenvalue weighted by molar-refractivity contribution is 6.37. The summed E-state index contributed by atoms with van der Waals surface area (Å²) in [5.74, 6) is 0.415. The molecule has 0 aliphatic heterocycles. The number of para-hydroxylation sites is 1. The number of benzene rings is 3. The van der Waals surface area contributed by atoms with Crippen LogP contribution in [-0.2, 0) is 19.7 Å². The van der Waals surface area contributed by atoms with Crippen LogP contribution in [0.15, 0.2) is 60.8 Å². The smallest absolute Gasteiger partial charge is 0.339 e. The molecular formula is C33H37Cl2N3O4. The van der Waals surface area contributed by atoms with Crippen LogP contribution in [0.2, 0.25) is 10.0 Å². The van der Waals surface area contributed by atoms with Crippen LogP contribution in [0.3, 0.4) is 0 Å². The number of ether oxygens (including phenoxy) is 2. The Morgan fingerprint density at radius 1 is 1.05 bits per heavy atom. The first-order valence-corrected chi connectivity index (χ1v) is 14.9. The second kappa shape index (κ2) is 14.6. The van der Waals surface area contributed by atoms with Gasteiger partial charge in [-0.2, -0.15) is 5.10 Å². The Kier molecular flexibility index (Phi) is 10.9. The van der Waals surface area contributed by atoms with Crippen molar-refractivity contribution in [1.82, 2.24) is 15.1 Å². The van der Waals surface area contributed by atoms with Crippen LogP contribution < -0.4 is 14.8 Å². The Balaban J connectivity index is 1.41. The van der Waals surface area contributed by atoms with Gasteiger partial charge in [0.25, 0.3) is 0 Å². The third-order valence-corrected chi connectivity index (χ3v) is 7.65. The summed E-state index contributed by atoms with van der Waals surface area (Å²) in [6, 6.07) is 16.7. The molecule has 0 unspecified atom stereocenters. The molecule has 222 valence electrons. The number of carbonyl (C=O) groups is 1. The third-order valence-electron chi connectivity index (χ3n) is 7.04. The number of hydrogen-bond donors (Lipinski definition) is 2. The molecule has 0 bridgehead atoms. The van der Waals surface area contributed by atoms with Crippen LogP contribution in [0.1, 0.15) is 77.8 Å². The predicted octanol–water partition coefficient (Wildman–Crippen LogP) is 8.36. The number of rotatable bonds is 14. The number of hydrogen-bond acceptors (Lipinski definition) is 5. The molecule has 4 rings (SSSR count). The van der Waals surface area contributed by atoms with Crippen LogP contribution in [0.25, 0.3) is 5.69 Å². The molecule has 0 fully saturated rings. The number of carboxylic acids is 1. The van der Waals surface area contributed by atoms with Crippen molar-refractivity contribution < 1.29 is 19.4 Å². The molecule has 0 amide bonds. The summed E-state index contributed by atoms with van der Waals surface area (Å²) < 4.78 is 13.8. The number of nitrogens with zero attached hydrogens (tertiary/aromatic N) is 2. The Labute approximate surface area is 257 Å². The molecule has 9 heteroatoms. The first kappa shape index (κ1) is 31.4. The van der Waals surface area contributed by atoms with E-state index in [0.29, 0.717) is 47.8 Å². The monoisotopic (exact) mass is 609 g/mol. The van der Waals surface area contributed by atoms with Gasteiger partial charge in [0, 0.05) is 13.1 Å². The molecular weight excluding hydrogens is 573 g/mol. The molecule has 4 aromatic rings. The molecule has 0 aliphatic rings. The average Bonchev–Trinajstić information content (AvgIpc) is 3.37. The molecule has 0 saturated carbocycles. The Bertz CT molecular complexity index is 1510. The number of unbranched alkanes of at least 4 members (excludes halogenated alkanes) is 1. The van der Waals surface area contributed by atoms with Gasteiger partial charge in [0.2, 0.25) is 0 Å². The maximum absolute atomic E-state index is 11.6. The highest BCUT2D eigenvalue weighted by atomic mass is 35.5. The van der Waals surface area contributed by atoms with Gasteiger partial charge in [-0.05, 0) is 77.9 Å². The minimum Gasteiger partial charge on any atom is -0.493 e. The second-order valence-corrected chi connectivity index (χ2v) is 11.3. The molecule has 0 spiro atoms. The fourth-order valence-electron chi connectivity index (χ4n) is 4.65. The zero-order valence-corrected chi connectivity index (χ0v) is 25.9. The predicted molar refractivity (Wildman–Crippen MR) is 168 cm³/mol. The normalized spacial score (nSPS) is 11.2. The van der Waals surface area contributed by atoms with E-state index in [4.69, 9.17) is 32.7 Å². The van der Waals surface area contributed by atoms with E-state index in [-0.39, 0.29) is 11.5 Å². The standard InChI is InChI=1S/C33H37Cl2N3O4/c1-5-6-14-41-31-16-23(10-13-26(31)33(39)40)17-36-18-24-11-12-25(15-22(24)4)42-20-30-27(21(2)3)19-37-38(30)32-28(34)8-7-9-29(32)35/h7-13,15-16,19,21,36H,5-6,14,17-18,20H2,1-4H3,(H,39,40). The van der Waals surface area contributed by atoms with E-state index in [0.717, 1.165) is 46.5 Å². The molecule has 0 atom stereocenters. The van der Waals surface area contributed by atoms with Crippen molar-refractivity contribution in [3.05, 3.63) is 104 Å². The van der Waals surface area contributed by atoms with E-state index in [1.54, 1.807) is 22.9 Å². The first-order chi connectivity index (χ1) is 20.2. The van der Waals surface area contributed by atoms with Crippen molar-refractivity contribution in [2.45, 2.75) is 66.2 Å². The van der Waals surface area contributed by atoms with E-state index in [2.05, 4.69) is 44.2 Å². The molecule has 0 aliphatic carbocycles. The summed E-state index contributed by atoms with van der Waals surface area (Å²) in [4.78, 5) is 11.6. The Morgan fingerprint density at radius 2 is 1.81 bits per heavy atom. The van der Waals surface area contributed by atoms with Crippen LogP contribution >= 0.6 is 23.2 Å². The van der Waals surface area contributed by atoms with Gasteiger partial charge in [0.15, 0.2) is 0 Å². The Morgan fingerprint density at radius 3 is 2.48 bits per heavy atom. The van der Waals surface area contributed by atoms with Crippen molar-refractivity contribution in [2.24, 2.45) is 0 Å². The summed E-state index contributed by atoms with van der Waals surface area (Å²) >= 11 is 13.0. The zero-order valence-electron chi connectivity index (χ0n) is 24.4. The van der Waals surface area contributed by atoms with Crippen molar-refractivity contribution in [1.29, 1.82) is 0 Å². The lowest BCUT2D eigenvalue weighted by molar-refractivity contribution is 0.0692. The molecule has 42 heavy (non-hydrogen) atoms. The lowest BCUT2D eigenvalue weighted by Gasteiger charge is -2.16. The number of nitrogens with one attached hydrogen (secondary N) is 1. The summed E-state index contributed by atoms with van der Waals surface area (Å²) in [5.41, 5.74) is 5.98. The third kappa shape index (κ3) is 7.65. The number of halogens is 2. The van der Waals surface area contributed by atoms with E-state index >= 15 is 0 Å². The van der Waals surface area contributed by atoms with E-state index in [9.17, 15) is 9.90 Å². The topological polar surface area (TPSA) is 85.6 Å². The van der Waals surface area contributed by atoms with E-state index < -0.39 is 5.97 Å².